The fourth-order valence-corrected chi connectivity index (χ4v) is 3.99. The van der Waals surface area contributed by atoms with Gasteiger partial charge >= 0.3 is 0 Å². The number of likely N-dealkylation sites (N-methyl/N-ethyl adjacent to an activating group) is 1. The van der Waals surface area contributed by atoms with Gasteiger partial charge in [0.1, 0.15) is 11.5 Å². The third kappa shape index (κ3) is 5.02. The van der Waals surface area contributed by atoms with Crippen LogP contribution in [0, 0.1) is 0 Å². The SMILES string of the molecule is COc1cccc([C@@H]2C(=C(O)c3ccc(OC(C)C)cc3)C(=O)C(=O)N2CCN(C)C)c1OC. The second kappa shape index (κ2) is 10.6. The number of Topliss-reactive ketones (excluding diaryl/α,β-unsaturated/α-hetero) is 1. The summed E-state index contributed by atoms with van der Waals surface area (Å²) in [6, 6.07) is 11.2. The van der Waals surface area contributed by atoms with E-state index in [2.05, 4.69) is 0 Å². The molecule has 1 amide bonds. The van der Waals surface area contributed by atoms with E-state index < -0.39 is 17.7 Å². The lowest BCUT2D eigenvalue weighted by atomic mass is 9.94. The van der Waals surface area contributed by atoms with Crippen molar-refractivity contribution >= 4 is 17.4 Å². The lowest BCUT2D eigenvalue weighted by molar-refractivity contribution is -0.140. The summed E-state index contributed by atoms with van der Waals surface area (Å²) in [7, 11) is 6.79. The molecule has 1 atom stereocenters. The fraction of sp³-hybridized carbons (Fsp3) is 0.385. The minimum atomic E-state index is -0.836. The molecule has 1 aliphatic rings. The summed E-state index contributed by atoms with van der Waals surface area (Å²) in [6.07, 6.45) is 0.00185. The molecule has 1 aliphatic heterocycles. The van der Waals surface area contributed by atoms with Gasteiger partial charge in [-0.1, -0.05) is 12.1 Å². The number of nitrogens with zero attached hydrogens (tertiary/aromatic N) is 2. The monoisotopic (exact) mass is 468 g/mol. The van der Waals surface area contributed by atoms with Gasteiger partial charge in [0.25, 0.3) is 11.7 Å². The number of benzene rings is 2. The van der Waals surface area contributed by atoms with E-state index in [1.807, 2.05) is 32.8 Å². The molecule has 0 aromatic heterocycles. The van der Waals surface area contributed by atoms with Crippen LogP contribution in [0.1, 0.15) is 31.0 Å². The third-order valence-electron chi connectivity index (χ3n) is 5.56. The van der Waals surface area contributed by atoms with Crippen molar-refractivity contribution in [1.82, 2.24) is 9.80 Å². The zero-order valence-corrected chi connectivity index (χ0v) is 20.5. The van der Waals surface area contributed by atoms with Crippen molar-refractivity contribution < 1.29 is 28.9 Å². The highest BCUT2D eigenvalue weighted by Crippen LogP contribution is 2.45. The van der Waals surface area contributed by atoms with Gasteiger partial charge < -0.3 is 29.1 Å². The first-order chi connectivity index (χ1) is 16.2. The highest BCUT2D eigenvalue weighted by atomic mass is 16.5. The number of ketones is 1. The number of para-hydroxylation sites is 1. The summed E-state index contributed by atoms with van der Waals surface area (Å²) in [5, 5.41) is 11.3. The van der Waals surface area contributed by atoms with E-state index in [1.165, 1.54) is 19.1 Å². The Morgan fingerprint density at radius 2 is 1.74 bits per heavy atom. The molecule has 0 saturated carbocycles. The Balaban J connectivity index is 2.17. The van der Waals surface area contributed by atoms with Gasteiger partial charge in [0, 0.05) is 24.2 Å². The fourth-order valence-electron chi connectivity index (χ4n) is 3.99. The molecular formula is C26H32N2O6. The van der Waals surface area contributed by atoms with Gasteiger partial charge in [-0.25, -0.2) is 0 Å². The van der Waals surface area contributed by atoms with Crippen LogP contribution in [-0.2, 0) is 9.59 Å². The summed E-state index contributed by atoms with van der Waals surface area (Å²) in [4.78, 5) is 29.7. The Bertz CT molecular complexity index is 1080. The third-order valence-corrected chi connectivity index (χ3v) is 5.56. The number of carbonyl (C=O) groups excluding carboxylic acids is 2. The Morgan fingerprint density at radius 1 is 1.06 bits per heavy atom. The van der Waals surface area contributed by atoms with Crippen LogP contribution >= 0.6 is 0 Å². The molecule has 2 aromatic carbocycles. The quantitative estimate of drug-likeness (QED) is 0.342. The van der Waals surface area contributed by atoms with E-state index in [1.54, 1.807) is 42.5 Å². The van der Waals surface area contributed by atoms with Crippen LogP contribution in [0.15, 0.2) is 48.0 Å². The van der Waals surface area contributed by atoms with Gasteiger partial charge in [-0.05, 0) is 58.3 Å². The van der Waals surface area contributed by atoms with Crippen molar-refractivity contribution in [1.29, 1.82) is 0 Å². The zero-order valence-electron chi connectivity index (χ0n) is 20.5. The van der Waals surface area contributed by atoms with E-state index in [0.717, 1.165) is 0 Å². The first kappa shape index (κ1) is 25.1. The largest absolute Gasteiger partial charge is 0.507 e. The van der Waals surface area contributed by atoms with Gasteiger partial charge in [0.15, 0.2) is 11.5 Å². The molecular weight excluding hydrogens is 436 g/mol. The van der Waals surface area contributed by atoms with E-state index >= 15 is 0 Å². The number of likely N-dealkylation sites (tertiary alicyclic amines) is 1. The van der Waals surface area contributed by atoms with Crippen molar-refractivity contribution in [2.75, 3.05) is 41.4 Å². The Kier molecular flexibility index (Phi) is 7.83. The molecule has 1 saturated heterocycles. The smallest absolute Gasteiger partial charge is 0.295 e. The van der Waals surface area contributed by atoms with Crippen LogP contribution in [0.5, 0.6) is 17.2 Å². The summed E-state index contributed by atoms with van der Waals surface area (Å²) >= 11 is 0. The first-order valence-corrected chi connectivity index (χ1v) is 11.1. The highest BCUT2D eigenvalue weighted by molar-refractivity contribution is 6.46. The predicted octanol–water partition coefficient (Wildman–Crippen LogP) is 3.47. The number of hydrogen-bond acceptors (Lipinski definition) is 7. The number of methoxy groups -OCH3 is 2. The topological polar surface area (TPSA) is 88.5 Å². The molecule has 182 valence electrons. The van der Waals surface area contributed by atoms with Crippen LogP contribution in [0.3, 0.4) is 0 Å². The molecule has 0 radical (unpaired) electrons. The maximum Gasteiger partial charge on any atom is 0.295 e. The molecule has 0 unspecified atom stereocenters. The summed E-state index contributed by atoms with van der Waals surface area (Å²) in [5.74, 6) is -0.154. The number of aliphatic hydroxyl groups excluding tert-OH is 1. The minimum absolute atomic E-state index is 0.00185. The average Bonchev–Trinajstić information content (AvgIpc) is 3.06. The van der Waals surface area contributed by atoms with Gasteiger partial charge in [-0.3, -0.25) is 9.59 Å². The number of ether oxygens (including phenoxy) is 3. The lowest BCUT2D eigenvalue weighted by Gasteiger charge is -2.28. The molecule has 2 aromatic rings. The van der Waals surface area contributed by atoms with Crippen LogP contribution in [0.4, 0.5) is 0 Å². The standard InChI is InChI=1S/C26H32N2O6/c1-16(2)34-18-12-10-17(11-13-18)23(29)21-22(19-8-7-9-20(32-5)25(19)33-6)28(15-14-27(3)4)26(31)24(21)30/h7-13,16,22,29H,14-15H2,1-6H3/t22-/m1/s1. The molecule has 8 heteroatoms. The Labute approximate surface area is 200 Å². The van der Waals surface area contributed by atoms with E-state index in [-0.39, 0.29) is 17.4 Å². The van der Waals surface area contributed by atoms with Gasteiger partial charge in [-0.15, -0.1) is 0 Å². The van der Waals surface area contributed by atoms with Gasteiger partial charge in [0.2, 0.25) is 0 Å². The van der Waals surface area contributed by atoms with Crippen molar-refractivity contribution in [3.8, 4) is 17.2 Å². The number of amides is 1. The van der Waals surface area contributed by atoms with Crippen molar-refractivity contribution in [2.45, 2.75) is 26.0 Å². The molecule has 34 heavy (non-hydrogen) atoms. The molecule has 1 heterocycles. The lowest BCUT2D eigenvalue weighted by Crippen LogP contribution is -2.35. The molecule has 1 N–H and O–H groups in total. The van der Waals surface area contributed by atoms with Crippen LogP contribution in [0.25, 0.3) is 5.76 Å². The van der Waals surface area contributed by atoms with Crippen LogP contribution in [0.2, 0.25) is 0 Å². The summed E-state index contributed by atoms with van der Waals surface area (Å²) in [6.45, 7) is 4.67. The van der Waals surface area contributed by atoms with E-state index in [0.29, 0.717) is 41.5 Å². The Morgan fingerprint density at radius 3 is 2.29 bits per heavy atom. The number of rotatable bonds is 9. The Hall–Kier alpha value is -3.52. The number of carbonyl (C=O) groups is 2. The van der Waals surface area contributed by atoms with E-state index in [9.17, 15) is 14.7 Å². The summed E-state index contributed by atoms with van der Waals surface area (Å²) < 4.78 is 16.7. The maximum atomic E-state index is 13.2. The molecule has 0 bridgehead atoms. The van der Waals surface area contributed by atoms with Gasteiger partial charge in [0.05, 0.1) is 31.9 Å². The molecule has 0 aliphatic carbocycles. The number of hydrogen-bond donors (Lipinski definition) is 1. The normalized spacial score (nSPS) is 17.5. The van der Waals surface area contributed by atoms with Crippen LogP contribution < -0.4 is 14.2 Å². The van der Waals surface area contributed by atoms with Gasteiger partial charge in [-0.2, -0.15) is 0 Å². The maximum absolute atomic E-state index is 13.2. The second-order valence-electron chi connectivity index (χ2n) is 8.57. The summed E-state index contributed by atoms with van der Waals surface area (Å²) in [5.41, 5.74) is 0.975. The molecule has 8 nitrogen and oxygen atoms in total. The average molecular weight is 469 g/mol. The first-order valence-electron chi connectivity index (χ1n) is 11.1. The van der Waals surface area contributed by atoms with Crippen molar-refractivity contribution in [3.05, 3.63) is 59.2 Å². The van der Waals surface area contributed by atoms with E-state index in [4.69, 9.17) is 14.2 Å². The second-order valence-corrected chi connectivity index (χ2v) is 8.57. The zero-order chi connectivity index (χ0) is 25.0. The highest BCUT2D eigenvalue weighted by Gasteiger charge is 2.47. The molecule has 1 fully saturated rings. The minimum Gasteiger partial charge on any atom is -0.507 e. The molecule has 3 rings (SSSR count). The number of aliphatic hydroxyl groups is 1. The van der Waals surface area contributed by atoms with Crippen molar-refractivity contribution in [3.63, 3.8) is 0 Å². The predicted molar refractivity (Wildman–Crippen MR) is 129 cm³/mol. The molecule has 0 spiro atoms. The van der Waals surface area contributed by atoms with Crippen LogP contribution in [-0.4, -0.2) is 74.1 Å². The van der Waals surface area contributed by atoms with Crippen molar-refractivity contribution in [2.24, 2.45) is 0 Å².